The highest BCUT2D eigenvalue weighted by molar-refractivity contribution is 5.56. The zero-order valence-corrected chi connectivity index (χ0v) is 9.33. The van der Waals surface area contributed by atoms with E-state index >= 15 is 0 Å². The van der Waals surface area contributed by atoms with Gasteiger partial charge >= 0.3 is 0 Å². The number of fused-ring (bicyclic) bond motifs is 1. The molecule has 1 heteroatoms. The summed E-state index contributed by atoms with van der Waals surface area (Å²) in [6.07, 6.45) is 2.48. The van der Waals surface area contributed by atoms with E-state index in [1.54, 1.807) is 0 Å². The summed E-state index contributed by atoms with van der Waals surface area (Å²) >= 11 is 0. The minimum Gasteiger partial charge on any atom is -0.371 e. The molecule has 1 nitrogen and oxygen atoms in total. The molecule has 1 aromatic rings. The summed E-state index contributed by atoms with van der Waals surface area (Å²) in [5.74, 6) is 0.778. The molecule has 0 amide bonds. The van der Waals surface area contributed by atoms with Gasteiger partial charge in [0, 0.05) is 18.8 Å². The Bertz CT molecular complexity index is 319. The number of benzene rings is 1. The number of anilines is 1. The molecular weight excluding hydrogens is 170 g/mol. The summed E-state index contributed by atoms with van der Waals surface area (Å²) < 4.78 is 0. The molecule has 0 bridgehead atoms. The Balaban J connectivity index is 2.38. The highest BCUT2D eigenvalue weighted by Crippen LogP contribution is 2.33. The second kappa shape index (κ2) is 3.64. The maximum Gasteiger partial charge on any atom is 0.0398 e. The van der Waals surface area contributed by atoms with Crippen molar-refractivity contribution in [1.82, 2.24) is 0 Å². The highest BCUT2D eigenvalue weighted by atomic mass is 15.1. The van der Waals surface area contributed by atoms with Crippen LogP contribution in [0.2, 0.25) is 0 Å². The first-order valence-electron chi connectivity index (χ1n) is 5.54. The molecule has 0 aromatic heterocycles. The van der Waals surface area contributed by atoms with E-state index in [9.17, 15) is 0 Å². The Hall–Kier alpha value is -0.980. The molecule has 14 heavy (non-hydrogen) atoms. The van der Waals surface area contributed by atoms with Gasteiger partial charge in [-0.1, -0.05) is 32.0 Å². The Labute approximate surface area is 86.7 Å². The van der Waals surface area contributed by atoms with Gasteiger partial charge in [0.2, 0.25) is 0 Å². The molecule has 0 radical (unpaired) electrons. The van der Waals surface area contributed by atoms with Crippen LogP contribution in [0.1, 0.15) is 25.8 Å². The van der Waals surface area contributed by atoms with Crippen LogP contribution < -0.4 is 4.90 Å². The second-order valence-electron chi connectivity index (χ2n) is 4.40. The molecule has 0 unspecified atom stereocenters. The smallest absolute Gasteiger partial charge is 0.0398 e. The van der Waals surface area contributed by atoms with E-state index in [0.29, 0.717) is 6.04 Å². The molecule has 0 N–H and O–H groups in total. The molecule has 0 saturated carbocycles. The van der Waals surface area contributed by atoms with Crippen LogP contribution in [0.25, 0.3) is 0 Å². The maximum atomic E-state index is 2.45. The molecule has 1 aliphatic rings. The first-order valence-corrected chi connectivity index (χ1v) is 5.54. The summed E-state index contributed by atoms with van der Waals surface area (Å²) in [6.45, 7) is 4.65. The predicted octanol–water partition coefficient (Wildman–Crippen LogP) is 3.09. The van der Waals surface area contributed by atoms with Crippen molar-refractivity contribution in [3.05, 3.63) is 29.8 Å². The van der Waals surface area contributed by atoms with E-state index in [2.05, 4.69) is 50.1 Å². The maximum absolute atomic E-state index is 2.45. The number of rotatable bonds is 1. The van der Waals surface area contributed by atoms with Crippen LogP contribution in [0, 0.1) is 5.92 Å². The van der Waals surface area contributed by atoms with E-state index in [-0.39, 0.29) is 0 Å². The molecule has 76 valence electrons. The van der Waals surface area contributed by atoms with Crippen LogP contribution in [-0.4, -0.2) is 13.1 Å². The molecule has 2 atom stereocenters. The molecule has 1 heterocycles. The van der Waals surface area contributed by atoms with Gasteiger partial charge in [0.25, 0.3) is 0 Å². The van der Waals surface area contributed by atoms with Crippen LogP contribution in [-0.2, 0) is 6.42 Å². The molecule has 2 rings (SSSR count). The van der Waals surface area contributed by atoms with Crippen LogP contribution >= 0.6 is 0 Å². The summed E-state index contributed by atoms with van der Waals surface area (Å²) in [4.78, 5) is 2.45. The predicted molar refractivity (Wildman–Crippen MR) is 61.8 cm³/mol. The normalized spacial score (nSPS) is 26.1. The second-order valence-corrected chi connectivity index (χ2v) is 4.40. The Morgan fingerprint density at radius 3 is 2.79 bits per heavy atom. The molecule has 1 aliphatic heterocycles. The van der Waals surface area contributed by atoms with Gasteiger partial charge in [-0.3, -0.25) is 0 Å². The van der Waals surface area contributed by atoms with Crippen molar-refractivity contribution in [2.45, 2.75) is 32.7 Å². The van der Waals surface area contributed by atoms with E-state index in [4.69, 9.17) is 0 Å². The SMILES string of the molecule is CC[C@H]1[C@H](C)Cc2ccccc2N1C. The van der Waals surface area contributed by atoms with E-state index in [1.807, 2.05) is 0 Å². The number of hydrogen-bond acceptors (Lipinski definition) is 1. The lowest BCUT2D eigenvalue weighted by Crippen LogP contribution is -2.41. The topological polar surface area (TPSA) is 3.24 Å². The van der Waals surface area contributed by atoms with Crippen LogP contribution in [0.5, 0.6) is 0 Å². The Kier molecular flexibility index (Phi) is 2.49. The van der Waals surface area contributed by atoms with Gasteiger partial charge in [-0.25, -0.2) is 0 Å². The lowest BCUT2D eigenvalue weighted by Gasteiger charge is -2.40. The van der Waals surface area contributed by atoms with Crippen molar-refractivity contribution in [2.24, 2.45) is 5.92 Å². The van der Waals surface area contributed by atoms with E-state index in [1.165, 1.54) is 24.1 Å². The molecular formula is C13H19N. The monoisotopic (exact) mass is 189 g/mol. The minimum absolute atomic E-state index is 0.713. The molecule has 0 aliphatic carbocycles. The largest absolute Gasteiger partial charge is 0.371 e. The fraction of sp³-hybridized carbons (Fsp3) is 0.538. The summed E-state index contributed by atoms with van der Waals surface area (Å²) in [5.41, 5.74) is 2.93. The Morgan fingerprint density at radius 1 is 1.36 bits per heavy atom. The summed E-state index contributed by atoms with van der Waals surface area (Å²) in [5, 5.41) is 0. The lowest BCUT2D eigenvalue weighted by molar-refractivity contribution is 0.408. The van der Waals surface area contributed by atoms with Gasteiger partial charge in [0.1, 0.15) is 0 Å². The molecule has 0 spiro atoms. The average Bonchev–Trinajstić information content (AvgIpc) is 2.18. The number of hydrogen-bond donors (Lipinski definition) is 0. The van der Waals surface area contributed by atoms with Crippen LogP contribution in [0.3, 0.4) is 0 Å². The molecule has 0 saturated heterocycles. The highest BCUT2D eigenvalue weighted by Gasteiger charge is 2.27. The fourth-order valence-corrected chi connectivity index (χ4v) is 2.75. The third-order valence-electron chi connectivity index (χ3n) is 3.49. The van der Waals surface area contributed by atoms with Gasteiger partial charge in [0.05, 0.1) is 0 Å². The van der Waals surface area contributed by atoms with Gasteiger partial charge in [0.15, 0.2) is 0 Å². The van der Waals surface area contributed by atoms with E-state index in [0.717, 1.165) is 5.92 Å². The standard InChI is InChI=1S/C13H19N/c1-4-12-10(2)9-11-7-5-6-8-13(11)14(12)3/h5-8,10,12H,4,9H2,1-3H3/t10-,12+/m1/s1. The van der Waals surface area contributed by atoms with Gasteiger partial charge < -0.3 is 4.90 Å². The van der Waals surface area contributed by atoms with Gasteiger partial charge in [-0.2, -0.15) is 0 Å². The van der Waals surface area contributed by atoms with Crippen LogP contribution in [0.15, 0.2) is 24.3 Å². The minimum atomic E-state index is 0.713. The van der Waals surface area contributed by atoms with Gasteiger partial charge in [-0.15, -0.1) is 0 Å². The molecule has 1 aromatic carbocycles. The van der Waals surface area contributed by atoms with Gasteiger partial charge in [-0.05, 0) is 30.4 Å². The first kappa shape index (κ1) is 9.57. The van der Waals surface area contributed by atoms with Crippen molar-refractivity contribution in [3.8, 4) is 0 Å². The van der Waals surface area contributed by atoms with Crippen molar-refractivity contribution < 1.29 is 0 Å². The third-order valence-corrected chi connectivity index (χ3v) is 3.49. The van der Waals surface area contributed by atoms with Crippen LogP contribution in [0.4, 0.5) is 5.69 Å². The van der Waals surface area contributed by atoms with Crippen molar-refractivity contribution in [2.75, 3.05) is 11.9 Å². The zero-order chi connectivity index (χ0) is 10.1. The lowest BCUT2D eigenvalue weighted by atomic mass is 9.86. The van der Waals surface area contributed by atoms with Crippen molar-refractivity contribution in [1.29, 1.82) is 0 Å². The van der Waals surface area contributed by atoms with Crippen molar-refractivity contribution in [3.63, 3.8) is 0 Å². The Morgan fingerprint density at radius 2 is 2.07 bits per heavy atom. The summed E-state index contributed by atoms with van der Waals surface area (Å²) in [6, 6.07) is 9.49. The quantitative estimate of drug-likeness (QED) is 0.656. The van der Waals surface area contributed by atoms with E-state index < -0.39 is 0 Å². The summed E-state index contributed by atoms with van der Waals surface area (Å²) in [7, 11) is 2.22. The number of para-hydroxylation sites is 1. The average molecular weight is 189 g/mol. The van der Waals surface area contributed by atoms with Crippen molar-refractivity contribution >= 4 is 5.69 Å². The fourth-order valence-electron chi connectivity index (χ4n) is 2.75. The first-order chi connectivity index (χ1) is 6.74. The third kappa shape index (κ3) is 1.41. The molecule has 0 fully saturated rings. The number of nitrogens with zero attached hydrogens (tertiary/aromatic N) is 1. The zero-order valence-electron chi connectivity index (χ0n) is 9.33.